The van der Waals surface area contributed by atoms with E-state index in [9.17, 15) is 28.4 Å². The number of hydrogen-bond acceptors (Lipinski definition) is 6. The lowest BCUT2D eigenvalue weighted by Gasteiger charge is -2.58. The van der Waals surface area contributed by atoms with Crippen LogP contribution in [0.5, 0.6) is 0 Å². The first-order chi connectivity index (χ1) is 13.9. The standard InChI is InChI=1S/C20H27N3O6S/c1-19(2,22-30(28,29)16-5-3-4-15(8-16)23(26)27)18(24)21-17-13-6-12-7-14(17)11-20(25,9-12)10-13/h3-5,8,12-14,17,22,25H,6-7,9-11H2,1-2H3,(H,21,24). The maximum absolute atomic E-state index is 13.0. The second-order valence-electron chi connectivity index (χ2n) is 9.68. The number of aliphatic hydroxyl groups is 1. The minimum atomic E-state index is -4.15. The van der Waals surface area contributed by atoms with E-state index in [1.54, 1.807) is 0 Å². The van der Waals surface area contributed by atoms with Crippen LogP contribution in [0.4, 0.5) is 5.69 Å². The predicted octanol–water partition coefficient (Wildman–Crippen LogP) is 1.71. The Kier molecular flexibility index (Phi) is 4.94. The lowest BCUT2D eigenvalue weighted by molar-refractivity contribution is -0.385. The molecule has 4 fully saturated rings. The van der Waals surface area contributed by atoms with Crippen LogP contribution < -0.4 is 10.0 Å². The van der Waals surface area contributed by atoms with E-state index in [0.29, 0.717) is 18.8 Å². The zero-order valence-corrected chi connectivity index (χ0v) is 17.8. The summed E-state index contributed by atoms with van der Waals surface area (Å²) >= 11 is 0. The van der Waals surface area contributed by atoms with Crippen LogP contribution in [0, 0.1) is 27.9 Å². The molecule has 0 heterocycles. The van der Waals surface area contributed by atoms with Crippen molar-refractivity contribution in [3.05, 3.63) is 34.4 Å². The zero-order chi connectivity index (χ0) is 21.9. The average molecular weight is 438 g/mol. The third-order valence-corrected chi connectivity index (χ3v) is 8.49. The molecule has 0 radical (unpaired) electrons. The van der Waals surface area contributed by atoms with Gasteiger partial charge in [0.15, 0.2) is 0 Å². The van der Waals surface area contributed by atoms with Crippen molar-refractivity contribution in [1.29, 1.82) is 0 Å². The molecule has 9 nitrogen and oxygen atoms in total. The molecule has 1 aromatic carbocycles. The molecule has 1 aromatic rings. The third-order valence-electron chi connectivity index (χ3n) is 6.83. The Hall–Kier alpha value is -2.04. The van der Waals surface area contributed by atoms with Gasteiger partial charge in [-0.15, -0.1) is 0 Å². The van der Waals surface area contributed by atoms with Crippen LogP contribution in [0.25, 0.3) is 0 Å². The van der Waals surface area contributed by atoms with Crippen LogP contribution in [-0.2, 0) is 14.8 Å². The molecule has 4 saturated carbocycles. The van der Waals surface area contributed by atoms with Crippen LogP contribution in [0.15, 0.2) is 29.2 Å². The molecule has 0 aliphatic heterocycles. The van der Waals surface area contributed by atoms with Gasteiger partial charge in [-0.2, -0.15) is 4.72 Å². The van der Waals surface area contributed by atoms with Crippen molar-refractivity contribution in [2.24, 2.45) is 17.8 Å². The molecule has 2 unspecified atom stereocenters. The summed E-state index contributed by atoms with van der Waals surface area (Å²) in [6, 6.07) is 4.64. The summed E-state index contributed by atoms with van der Waals surface area (Å²) < 4.78 is 27.9. The maximum Gasteiger partial charge on any atom is 0.270 e. The molecule has 30 heavy (non-hydrogen) atoms. The Balaban J connectivity index is 1.48. The number of nitro benzene ring substituents is 1. The van der Waals surface area contributed by atoms with Crippen LogP contribution in [0.1, 0.15) is 46.0 Å². The van der Waals surface area contributed by atoms with Crippen molar-refractivity contribution >= 4 is 21.6 Å². The third kappa shape index (κ3) is 3.83. The van der Waals surface area contributed by atoms with Gasteiger partial charge in [0.1, 0.15) is 5.54 Å². The van der Waals surface area contributed by atoms with Crippen LogP contribution in [-0.4, -0.2) is 41.5 Å². The number of nitro groups is 1. The van der Waals surface area contributed by atoms with E-state index >= 15 is 0 Å². The number of non-ortho nitro benzene ring substituents is 1. The molecule has 4 bridgehead atoms. The van der Waals surface area contributed by atoms with Gasteiger partial charge in [-0.05, 0) is 69.8 Å². The van der Waals surface area contributed by atoms with E-state index in [4.69, 9.17) is 0 Å². The molecular weight excluding hydrogens is 410 g/mol. The summed E-state index contributed by atoms with van der Waals surface area (Å²) in [5, 5.41) is 24.7. The van der Waals surface area contributed by atoms with Crippen molar-refractivity contribution in [3.63, 3.8) is 0 Å². The van der Waals surface area contributed by atoms with Crippen molar-refractivity contribution in [2.75, 3.05) is 0 Å². The zero-order valence-electron chi connectivity index (χ0n) is 17.0. The number of benzene rings is 1. The summed E-state index contributed by atoms with van der Waals surface area (Å²) in [6.07, 6.45) is 4.14. The molecule has 0 saturated heterocycles. The van der Waals surface area contributed by atoms with Gasteiger partial charge in [-0.25, -0.2) is 8.42 Å². The van der Waals surface area contributed by atoms with E-state index in [0.717, 1.165) is 25.3 Å². The van der Waals surface area contributed by atoms with E-state index in [1.807, 2.05) is 0 Å². The first kappa shape index (κ1) is 21.2. The number of nitrogens with zero attached hydrogens (tertiary/aromatic N) is 1. The number of amides is 1. The Labute approximate surface area is 175 Å². The fourth-order valence-corrected chi connectivity index (χ4v) is 7.17. The Morgan fingerprint density at radius 3 is 2.43 bits per heavy atom. The Morgan fingerprint density at radius 2 is 1.87 bits per heavy atom. The van der Waals surface area contributed by atoms with Crippen molar-refractivity contribution in [3.8, 4) is 0 Å². The van der Waals surface area contributed by atoms with Gasteiger partial charge >= 0.3 is 0 Å². The van der Waals surface area contributed by atoms with E-state index in [-0.39, 0.29) is 28.5 Å². The lowest BCUT2D eigenvalue weighted by Crippen LogP contribution is -2.65. The van der Waals surface area contributed by atoms with E-state index < -0.39 is 32.0 Å². The predicted molar refractivity (Wildman–Crippen MR) is 108 cm³/mol. The highest BCUT2D eigenvalue weighted by Gasteiger charge is 2.55. The smallest absolute Gasteiger partial charge is 0.270 e. The second-order valence-corrected chi connectivity index (χ2v) is 11.4. The van der Waals surface area contributed by atoms with Gasteiger partial charge in [0.25, 0.3) is 5.69 Å². The van der Waals surface area contributed by atoms with Gasteiger partial charge < -0.3 is 10.4 Å². The molecule has 0 aromatic heterocycles. The molecule has 5 rings (SSSR count). The molecule has 4 aliphatic rings. The summed E-state index contributed by atoms with van der Waals surface area (Å²) in [7, 11) is -4.15. The molecule has 3 N–H and O–H groups in total. The van der Waals surface area contributed by atoms with Crippen molar-refractivity contribution in [2.45, 2.75) is 68.0 Å². The number of hydrogen-bond donors (Lipinski definition) is 3. The molecule has 164 valence electrons. The summed E-state index contributed by atoms with van der Waals surface area (Å²) in [6.45, 7) is 2.95. The number of carbonyl (C=O) groups is 1. The van der Waals surface area contributed by atoms with Gasteiger partial charge in [-0.1, -0.05) is 6.07 Å². The van der Waals surface area contributed by atoms with Gasteiger partial charge in [-0.3, -0.25) is 14.9 Å². The quantitative estimate of drug-likeness (QED) is 0.457. The highest BCUT2D eigenvalue weighted by molar-refractivity contribution is 7.89. The molecule has 4 aliphatic carbocycles. The monoisotopic (exact) mass is 437 g/mol. The van der Waals surface area contributed by atoms with Gasteiger partial charge in [0, 0.05) is 18.2 Å². The maximum atomic E-state index is 13.0. The fourth-order valence-electron chi connectivity index (χ4n) is 5.75. The highest BCUT2D eigenvalue weighted by Crippen LogP contribution is 2.55. The van der Waals surface area contributed by atoms with Crippen LogP contribution in [0.3, 0.4) is 0 Å². The minimum Gasteiger partial charge on any atom is -0.390 e. The molecule has 10 heteroatoms. The largest absolute Gasteiger partial charge is 0.390 e. The average Bonchev–Trinajstić information content (AvgIpc) is 2.62. The Bertz CT molecular complexity index is 976. The van der Waals surface area contributed by atoms with Crippen molar-refractivity contribution < 1.29 is 23.2 Å². The first-order valence-corrected chi connectivity index (χ1v) is 11.7. The Morgan fingerprint density at radius 1 is 1.23 bits per heavy atom. The van der Waals surface area contributed by atoms with Crippen LogP contribution in [0.2, 0.25) is 0 Å². The topological polar surface area (TPSA) is 139 Å². The van der Waals surface area contributed by atoms with Gasteiger partial charge in [0.2, 0.25) is 15.9 Å². The summed E-state index contributed by atoms with van der Waals surface area (Å²) in [4.78, 5) is 23.0. The summed E-state index contributed by atoms with van der Waals surface area (Å²) in [5.41, 5.74) is -2.40. The van der Waals surface area contributed by atoms with Crippen LogP contribution >= 0.6 is 0 Å². The number of carbonyl (C=O) groups excluding carboxylic acids is 1. The fraction of sp³-hybridized carbons (Fsp3) is 0.650. The summed E-state index contributed by atoms with van der Waals surface area (Å²) in [5.74, 6) is 0.464. The molecule has 2 atom stereocenters. The van der Waals surface area contributed by atoms with Gasteiger partial charge in [0.05, 0.1) is 15.4 Å². The van der Waals surface area contributed by atoms with E-state index in [2.05, 4.69) is 10.0 Å². The SMILES string of the molecule is CC(C)(NS(=O)(=O)c1cccc([N+](=O)[O-])c1)C(=O)NC1C2CC3CC1CC(O)(C3)C2. The molecule has 1 amide bonds. The first-order valence-electron chi connectivity index (χ1n) is 10.2. The second kappa shape index (κ2) is 7.00. The number of rotatable bonds is 6. The van der Waals surface area contributed by atoms with E-state index in [1.165, 1.54) is 32.0 Å². The highest BCUT2D eigenvalue weighted by atomic mass is 32.2. The minimum absolute atomic E-state index is 0.0732. The van der Waals surface area contributed by atoms with Crippen molar-refractivity contribution in [1.82, 2.24) is 10.0 Å². The molecular formula is C20H27N3O6S. The number of sulfonamides is 1. The number of nitrogens with one attached hydrogen (secondary N) is 2. The normalized spacial score (nSPS) is 32.8. The lowest BCUT2D eigenvalue weighted by atomic mass is 9.52. The molecule has 0 spiro atoms.